The molecule has 3 aromatic rings. The second-order valence-electron chi connectivity index (χ2n) is 8.79. The second-order valence-corrected chi connectivity index (χ2v) is 9.84. The maximum Gasteiger partial charge on any atom is 0.294 e. The highest BCUT2D eigenvalue weighted by Crippen LogP contribution is 2.46. The minimum Gasteiger partial charge on any atom is -0.446 e. The summed E-state index contributed by atoms with van der Waals surface area (Å²) in [6.07, 6.45) is 6.97. The van der Waals surface area contributed by atoms with Crippen molar-refractivity contribution in [2.24, 2.45) is 11.1 Å². The molecule has 2 fully saturated rings. The number of fused-ring (bicyclic) bond motifs is 1. The van der Waals surface area contributed by atoms with E-state index < -0.39 is 0 Å². The van der Waals surface area contributed by atoms with Crippen LogP contribution in [0.3, 0.4) is 0 Å². The third-order valence-electron chi connectivity index (χ3n) is 7.08. The van der Waals surface area contributed by atoms with Crippen LogP contribution in [0.25, 0.3) is 10.9 Å². The lowest BCUT2D eigenvalue weighted by Crippen LogP contribution is -2.48. The molecule has 1 saturated carbocycles. The molecule has 0 amide bonds. The average Bonchev–Trinajstić information content (AvgIpc) is 3.44. The van der Waals surface area contributed by atoms with E-state index in [1.54, 1.807) is 6.20 Å². The molecule has 0 bridgehead atoms. The maximum absolute atomic E-state index is 13.5. The summed E-state index contributed by atoms with van der Waals surface area (Å²) in [7, 11) is 0. The molecule has 2 aliphatic rings. The van der Waals surface area contributed by atoms with E-state index in [4.69, 9.17) is 16.2 Å². The van der Waals surface area contributed by atoms with Crippen LogP contribution >= 0.6 is 11.8 Å². The van der Waals surface area contributed by atoms with Gasteiger partial charge in [0.1, 0.15) is 10.7 Å². The molecule has 1 aliphatic carbocycles. The average molecular weight is 470 g/mol. The first-order valence-corrected chi connectivity index (χ1v) is 11.9. The van der Waals surface area contributed by atoms with Crippen molar-refractivity contribution in [2.45, 2.75) is 54.7 Å². The number of ether oxygens (including phenoxy) is 1. The van der Waals surface area contributed by atoms with Crippen molar-refractivity contribution in [3.63, 3.8) is 0 Å². The normalized spacial score (nSPS) is 19.9. The smallest absolute Gasteiger partial charge is 0.294 e. The number of carbonyl (C=O) groups is 1. The van der Waals surface area contributed by atoms with Crippen LogP contribution in [-0.2, 0) is 16.3 Å². The fourth-order valence-electron chi connectivity index (χ4n) is 5.18. The van der Waals surface area contributed by atoms with E-state index in [0.717, 1.165) is 54.6 Å². The van der Waals surface area contributed by atoms with Crippen LogP contribution < -0.4 is 21.9 Å². The summed E-state index contributed by atoms with van der Waals surface area (Å²) in [4.78, 5) is 32.2. The lowest BCUT2D eigenvalue weighted by atomic mass is 9.74. The highest BCUT2D eigenvalue weighted by molar-refractivity contribution is 7.99. The lowest BCUT2D eigenvalue weighted by Gasteiger charge is -2.42. The fourth-order valence-corrected chi connectivity index (χ4v) is 6.17. The summed E-state index contributed by atoms with van der Waals surface area (Å²) in [5.74, 6) is 0.576. The second kappa shape index (κ2) is 8.71. The number of carbonyl (C=O) groups excluding carboxylic acids is 1. The molecule has 1 spiro atoms. The van der Waals surface area contributed by atoms with Crippen molar-refractivity contribution in [3.05, 3.63) is 34.7 Å². The van der Waals surface area contributed by atoms with Crippen molar-refractivity contribution in [1.29, 1.82) is 0 Å². The maximum atomic E-state index is 13.5. The predicted octanol–water partition coefficient (Wildman–Crippen LogP) is 2.08. The number of rotatable bonds is 6. The zero-order valence-electron chi connectivity index (χ0n) is 18.2. The number of H-pyrrole nitrogens is 1. The zero-order chi connectivity index (χ0) is 23.0. The molecule has 1 aromatic carbocycles. The van der Waals surface area contributed by atoms with E-state index >= 15 is 0 Å². The summed E-state index contributed by atoms with van der Waals surface area (Å²) in [6, 6.07) is 5.91. The molecule has 5 N–H and O–H groups in total. The lowest BCUT2D eigenvalue weighted by molar-refractivity contribution is -0.132. The molecule has 174 valence electrons. The van der Waals surface area contributed by atoms with Gasteiger partial charge in [0.25, 0.3) is 12.0 Å². The van der Waals surface area contributed by atoms with E-state index in [9.17, 15) is 9.59 Å². The standard InChI is InChI=1S/C22H27N7O3S/c23-17-5-2-6-22(17)7-9-28(10-8-22)21-26-19(24)18(20(31)29(21)12-32-13-30)33-16-4-1-3-15-14(16)11-25-27-15/h1,3-4,11,13,17H,2,5-10,12,23-24H2,(H,25,27)/t17-/m1/s1. The van der Waals surface area contributed by atoms with Gasteiger partial charge in [0.05, 0.1) is 11.7 Å². The molecule has 10 nitrogen and oxygen atoms in total. The Balaban J connectivity index is 1.48. The molecule has 33 heavy (non-hydrogen) atoms. The fraction of sp³-hybridized carbons (Fsp3) is 0.455. The van der Waals surface area contributed by atoms with Gasteiger partial charge in [-0.25, -0.2) is 4.57 Å². The van der Waals surface area contributed by atoms with Crippen LogP contribution in [-0.4, -0.2) is 45.4 Å². The van der Waals surface area contributed by atoms with E-state index in [-0.39, 0.29) is 34.5 Å². The highest BCUT2D eigenvalue weighted by atomic mass is 32.2. The molecule has 1 aliphatic heterocycles. The number of hydrogen-bond acceptors (Lipinski definition) is 9. The first-order chi connectivity index (χ1) is 16.0. The number of aromatic amines is 1. The molecule has 0 radical (unpaired) electrons. The quantitative estimate of drug-likeness (QED) is 0.462. The zero-order valence-corrected chi connectivity index (χ0v) is 19.0. The van der Waals surface area contributed by atoms with Crippen LogP contribution in [0.2, 0.25) is 0 Å². The van der Waals surface area contributed by atoms with Gasteiger partial charge in [-0.05, 0) is 43.2 Å². The minimum absolute atomic E-state index is 0.153. The van der Waals surface area contributed by atoms with Gasteiger partial charge in [-0.2, -0.15) is 10.1 Å². The largest absolute Gasteiger partial charge is 0.446 e. The Morgan fingerprint density at radius 1 is 1.30 bits per heavy atom. The SMILES string of the molecule is Nc1nc(N2CCC3(CCC[C@H]3N)CC2)n(COC=O)c(=O)c1Sc1cccc2[nH]ncc12. The van der Waals surface area contributed by atoms with Gasteiger partial charge in [-0.15, -0.1) is 0 Å². The Labute approximate surface area is 194 Å². The number of nitrogens with two attached hydrogens (primary N) is 2. The number of nitrogen functional groups attached to an aromatic ring is 1. The Hall–Kier alpha value is -3.05. The van der Waals surface area contributed by atoms with Gasteiger partial charge in [-0.3, -0.25) is 14.7 Å². The van der Waals surface area contributed by atoms with Crippen molar-refractivity contribution < 1.29 is 9.53 Å². The monoisotopic (exact) mass is 469 g/mol. The van der Waals surface area contributed by atoms with E-state index in [1.807, 2.05) is 23.1 Å². The number of anilines is 2. The number of aromatic nitrogens is 4. The van der Waals surface area contributed by atoms with Gasteiger partial charge in [0.2, 0.25) is 5.95 Å². The van der Waals surface area contributed by atoms with Gasteiger partial charge >= 0.3 is 0 Å². The number of benzene rings is 1. The van der Waals surface area contributed by atoms with Crippen molar-refractivity contribution in [1.82, 2.24) is 19.7 Å². The number of piperidine rings is 1. The minimum atomic E-state index is -0.345. The van der Waals surface area contributed by atoms with E-state index in [2.05, 4.69) is 15.2 Å². The van der Waals surface area contributed by atoms with Crippen LogP contribution in [0.1, 0.15) is 32.1 Å². The Bertz CT molecular complexity index is 1230. The van der Waals surface area contributed by atoms with Crippen molar-refractivity contribution in [2.75, 3.05) is 23.7 Å². The summed E-state index contributed by atoms with van der Waals surface area (Å²) in [5, 5.41) is 7.88. The van der Waals surface area contributed by atoms with Gasteiger partial charge in [0, 0.05) is 29.4 Å². The van der Waals surface area contributed by atoms with Crippen LogP contribution in [0.15, 0.2) is 39.0 Å². The Morgan fingerprint density at radius 3 is 2.85 bits per heavy atom. The Kier molecular flexibility index (Phi) is 5.75. The predicted molar refractivity (Wildman–Crippen MR) is 126 cm³/mol. The summed E-state index contributed by atoms with van der Waals surface area (Å²) >= 11 is 1.23. The summed E-state index contributed by atoms with van der Waals surface area (Å²) in [6.45, 7) is 1.55. The number of nitrogens with one attached hydrogen (secondary N) is 1. The Morgan fingerprint density at radius 2 is 2.12 bits per heavy atom. The first kappa shape index (κ1) is 21.8. The van der Waals surface area contributed by atoms with Crippen molar-refractivity contribution in [3.8, 4) is 0 Å². The molecular formula is C22H27N7O3S. The molecule has 11 heteroatoms. The van der Waals surface area contributed by atoms with Crippen molar-refractivity contribution >= 4 is 40.9 Å². The summed E-state index contributed by atoms with van der Waals surface area (Å²) in [5.41, 5.74) is 13.4. The van der Waals surface area contributed by atoms with E-state index in [0.29, 0.717) is 12.4 Å². The van der Waals surface area contributed by atoms with Gasteiger partial charge < -0.3 is 21.1 Å². The number of hydrogen-bond donors (Lipinski definition) is 3. The molecule has 5 rings (SSSR count). The first-order valence-electron chi connectivity index (χ1n) is 11.1. The summed E-state index contributed by atoms with van der Waals surface area (Å²) < 4.78 is 6.36. The molecule has 3 heterocycles. The van der Waals surface area contributed by atoms with Crippen LogP contribution in [0.5, 0.6) is 0 Å². The molecule has 1 atom stereocenters. The molecule has 1 saturated heterocycles. The van der Waals surface area contributed by atoms with E-state index in [1.165, 1.54) is 22.7 Å². The van der Waals surface area contributed by atoms with Gasteiger partial charge in [-0.1, -0.05) is 24.2 Å². The van der Waals surface area contributed by atoms with Crippen LogP contribution in [0, 0.1) is 5.41 Å². The molecular weight excluding hydrogens is 442 g/mol. The third kappa shape index (κ3) is 3.84. The third-order valence-corrected chi connectivity index (χ3v) is 8.24. The molecule has 0 unspecified atom stereocenters. The highest BCUT2D eigenvalue weighted by Gasteiger charge is 2.43. The number of nitrogens with zero attached hydrogens (tertiary/aromatic N) is 4. The molecule has 2 aromatic heterocycles. The van der Waals surface area contributed by atoms with Crippen LogP contribution in [0.4, 0.5) is 11.8 Å². The topological polar surface area (TPSA) is 145 Å². The van der Waals surface area contributed by atoms with Gasteiger partial charge in [0.15, 0.2) is 6.73 Å².